The number of benzene rings is 2. The van der Waals surface area contributed by atoms with Crippen LogP contribution in [0.2, 0.25) is 0 Å². The van der Waals surface area contributed by atoms with Gasteiger partial charge in [-0.15, -0.1) is 11.3 Å². The average molecular weight is 529 g/mol. The van der Waals surface area contributed by atoms with E-state index in [1.54, 1.807) is 25.6 Å². The number of carbonyl (C=O) groups is 2. The molecule has 0 fully saturated rings. The first-order chi connectivity index (χ1) is 18.3. The number of allylic oxidation sites excluding steroid dienone is 3. The number of Topliss-reactive ketones (excluding diaryl/α,β-unsaturated/α-hetero) is 1. The number of carbonyl (C=O) groups excluding carboxylic acids is 2. The number of nitrogens with one attached hydrogen (secondary N) is 2. The van der Waals surface area contributed by atoms with Crippen molar-refractivity contribution >= 4 is 28.7 Å². The fourth-order valence-corrected chi connectivity index (χ4v) is 6.41. The minimum Gasteiger partial charge on any atom is -0.493 e. The van der Waals surface area contributed by atoms with Crippen LogP contribution in [0.1, 0.15) is 52.5 Å². The highest BCUT2D eigenvalue weighted by Crippen LogP contribution is 2.47. The maximum Gasteiger partial charge on any atom is 0.254 e. The maximum atomic E-state index is 13.8. The fourth-order valence-electron chi connectivity index (χ4n) is 5.41. The van der Waals surface area contributed by atoms with E-state index in [0.29, 0.717) is 35.5 Å². The summed E-state index contributed by atoms with van der Waals surface area (Å²) >= 11 is 1.63. The van der Waals surface area contributed by atoms with Crippen molar-refractivity contribution in [3.8, 4) is 11.5 Å². The van der Waals surface area contributed by atoms with E-state index in [1.807, 2.05) is 75.4 Å². The standard InChI is InChI=1S/C31H32N2O4S/c1-17-6-10-22(11-7-17)33-31(35)28-19(3)32-23-14-21(20-9-12-25(36-4)26(16-20)37-5)15-24(34)29(23)30(28)27-13-8-18(2)38-27/h6-13,16,21,30,32H,14-15H2,1-5H3,(H,33,35)/t21-,30-/m0/s1. The van der Waals surface area contributed by atoms with Gasteiger partial charge in [-0.3, -0.25) is 9.59 Å². The third kappa shape index (κ3) is 4.86. The molecular weight excluding hydrogens is 496 g/mol. The predicted molar refractivity (Wildman–Crippen MR) is 151 cm³/mol. The van der Waals surface area contributed by atoms with Gasteiger partial charge in [0.25, 0.3) is 5.91 Å². The Kier molecular flexibility index (Phi) is 7.13. The van der Waals surface area contributed by atoms with Gasteiger partial charge in [-0.2, -0.15) is 0 Å². The number of thiophene rings is 1. The van der Waals surface area contributed by atoms with Gasteiger partial charge in [-0.25, -0.2) is 0 Å². The summed E-state index contributed by atoms with van der Waals surface area (Å²) in [5, 5.41) is 6.51. The quantitative estimate of drug-likeness (QED) is 0.388. The molecule has 0 saturated carbocycles. The molecule has 1 amide bonds. The number of rotatable bonds is 6. The summed E-state index contributed by atoms with van der Waals surface area (Å²) in [6, 6.07) is 17.7. The molecule has 2 heterocycles. The van der Waals surface area contributed by atoms with Crippen LogP contribution in [0.5, 0.6) is 11.5 Å². The first-order valence-electron chi connectivity index (χ1n) is 12.7. The highest BCUT2D eigenvalue weighted by Gasteiger charge is 2.41. The zero-order valence-electron chi connectivity index (χ0n) is 22.3. The van der Waals surface area contributed by atoms with Crippen LogP contribution in [0.4, 0.5) is 5.69 Å². The molecule has 5 rings (SSSR count). The third-order valence-corrected chi connectivity index (χ3v) is 8.37. The van der Waals surface area contributed by atoms with Gasteiger partial charge in [0, 0.05) is 44.4 Å². The largest absolute Gasteiger partial charge is 0.493 e. The third-order valence-electron chi connectivity index (χ3n) is 7.31. The molecule has 1 aliphatic heterocycles. The zero-order valence-corrected chi connectivity index (χ0v) is 23.1. The van der Waals surface area contributed by atoms with Crippen molar-refractivity contribution in [3.05, 3.63) is 98.0 Å². The fraction of sp³-hybridized carbons (Fsp3) is 0.290. The van der Waals surface area contributed by atoms with Crippen molar-refractivity contribution in [2.45, 2.75) is 45.4 Å². The minimum absolute atomic E-state index is 0.00462. The average Bonchev–Trinajstić information content (AvgIpc) is 3.34. The van der Waals surface area contributed by atoms with Crippen LogP contribution in [-0.4, -0.2) is 25.9 Å². The van der Waals surface area contributed by atoms with Gasteiger partial charge in [0.2, 0.25) is 0 Å². The van der Waals surface area contributed by atoms with E-state index in [2.05, 4.69) is 10.6 Å². The van der Waals surface area contributed by atoms with E-state index in [-0.39, 0.29) is 17.6 Å². The highest BCUT2D eigenvalue weighted by atomic mass is 32.1. The van der Waals surface area contributed by atoms with Crippen molar-refractivity contribution < 1.29 is 19.1 Å². The molecule has 38 heavy (non-hydrogen) atoms. The molecule has 6 nitrogen and oxygen atoms in total. The Morgan fingerprint density at radius 3 is 2.34 bits per heavy atom. The summed E-state index contributed by atoms with van der Waals surface area (Å²) in [6.45, 7) is 5.98. The molecule has 1 aromatic heterocycles. The molecule has 7 heteroatoms. The smallest absolute Gasteiger partial charge is 0.254 e. The van der Waals surface area contributed by atoms with Crippen LogP contribution in [0, 0.1) is 13.8 Å². The summed E-state index contributed by atoms with van der Waals surface area (Å²) in [5.74, 6) is 0.750. The minimum atomic E-state index is -0.408. The van der Waals surface area contributed by atoms with Crippen LogP contribution in [0.3, 0.4) is 0 Å². The Labute approximate surface area is 227 Å². The first kappa shape index (κ1) is 25.8. The SMILES string of the molecule is COc1ccc([C@@H]2CC(=O)C3=C(C2)NC(C)=C(C(=O)Nc2ccc(C)cc2)[C@@H]3c2ccc(C)s2)cc1OC. The lowest BCUT2D eigenvalue weighted by Gasteiger charge is -2.36. The van der Waals surface area contributed by atoms with E-state index >= 15 is 0 Å². The van der Waals surface area contributed by atoms with Crippen molar-refractivity contribution in [3.63, 3.8) is 0 Å². The molecule has 2 atom stereocenters. The predicted octanol–water partition coefficient (Wildman–Crippen LogP) is 6.38. The molecule has 2 aromatic carbocycles. The zero-order chi connectivity index (χ0) is 27.0. The molecule has 0 saturated heterocycles. The number of hydrogen-bond acceptors (Lipinski definition) is 6. The monoisotopic (exact) mass is 528 g/mol. The molecular formula is C31H32N2O4S. The Balaban J connectivity index is 1.52. The highest BCUT2D eigenvalue weighted by molar-refractivity contribution is 7.12. The van der Waals surface area contributed by atoms with Crippen molar-refractivity contribution in [1.82, 2.24) is 5.32 Å². The van der Waals surface area contributed by atoms with Crippen molar-refractivity contribution in [2.75, 3.05) is 19.5 Å². The number of dihydropyridines is 1. The molecule has 0 unspecified atom stereocenters. The number of ketones is 1. The van der Waals surface area contributed by atoms with Gasteiger partial charge in [-0.05, 0) is 75.1 Å². The normalized spacial score (nSPS) is 19.1. The Morgan fingerprint density at radius 2 is 1.68 bits per heavy atom. The van der Waals surface area contributed by atoms with Gasteiger partial charge >= 0.3 is 0 Å². The van der Waals surface area contributed by atoms with Crippen molar-refractivity contribution in [1.29, 1.82) is 0 Å². The van der Waals surface area contributed by atoms with E-state index in [4.69, 9.17) is 9.47 Å². The molecule has 2 aliphatic rings. The second-order valence-electron chi connectivity index (χ2n) is 9.90. The lowest BCUT2D eigenvalue weighted by atomic mass is 9.73. The molecule has 196 valence electrons. The topological polar surface area (TPSA) is 76.7 Å². The van der Waals surface area contributed by atoms with Crippen LogP contribution < -0.4 is 20.1 Å². The second kappa shape index (κ2) is 10.5. The Hall–Kier alpha value is -3.84. The summed E-state index contributed by atoms with van der Waals surface area (Å²) in [6.07, 6.45) is 1.03. The van der Waals surface area contributed by atoms with Gasteiger partial charge in [0.1, 0.15) is 0 Å². The number of aryl methyl sites for hydroxylation is 2. The summed E-state index contributed by atoms with van der Waals surface area (Å²) < 4.78 is 10.9. The second-order valence-corrected chi connectivity index (χ2v) is 11.2. The van der Waals surface area contributed by atoms with Crippen molar-refractivity contribution in [2.24, 2.45) is 0 Å². The number of anilines is 1. The Bertz CT molecular complexity index is 1470. The number of hydrogen-bond donors (Lipinski definition) is 2. The molecule has 0 bridgehead atoms. The number of ether oxygens (including phenoxy) is 2. The Morgan fingerprint density at radius 1 is 0.947 bits per heavy atom. The van der Waals surface area contributed by atoms with E-state index in [0.717, 1.165) is 38.0 Å². The van der Waals surface area contributed by atoms with Crippen LogP contribution in [-0.2, 0) is 9.59 Å². The van der Waals surface area contributed by atoms with E-state index in [1.165, 1.54) is 0 Å². The summed E-state index contributed by atoms with van der Waals surface area (Å²) in [4.78, 5) is 29.7. The first-order valence-corrected chi connectivity index (χ1v) is 13.5. The molecule has 0 radical (unpaired) electrons. The molecule has 0 spiro atoms. The van der Waals surface area contributed by atoms with E-state index in [9.17, 15) is 9.59 Å². The van der Waals surface area contributed by atoms with Gasteiger partial charge in [0.15, 0.2) is 17.3 Å². The molecule has 2 N–H and O–H groups in total. The molecule has 3 aromatic rings. The maximum absolute atomic E-state index is 13.8. The molecule has 1 aliphatic carbocycles. The summed E-state index contributed by atoms with van der Waals surface area (Å²) in [5.41, 5.74) is 5.82. The van der Waals surface area contributed by atoms with Crippen LogP contribution in [0.15, 0.2) is 77.1 Å². The lowest BCUT2D eigenvalue weighted by Crippen LogP contribution is -2.36. The lowest BCUT2D eigenvalue weighted by molar-refractivity contribution is -0.116. The van der Waals surface area contributed by atoms with Gasteiger partial charge < -0.3 is 20.1 Å². The van der Waals surface area contributed by atoms with E-state index < -0.39 is 5.92 Å². The summed E-state index contributed by atoms with van der Waals surface area (Å²) in [7, 11) is 3.22. The van der Waals surface area contributed by atoms with Gasteiger partial charge in [-0.1, -0.05) is 23.8 Å². The van der Waals surface area contributed by atoms with Crippen LogP contribution >= 0.6 is 11.3 Å². The van der Waals surface area contributed by atoms with Gasteiger partial charge in [0.05, 0.1) is 20.1 Å². The number of methoxy groups -OCH3 is 2. The number of amides is 1. The van der Waals surface area contributed by atoms with Crippen LogP contribution in [0.25, 0.3) is 0 Å².